The Morgan fingerprint density at radius 3 is 1.88 bits per heavy atom. The highest BCUT2D eigenvalue weighted by molar-refractivity contribution is 5.98. The first-order valence-electron chi connectivity index (χ1n) is 9.97. The zero-order chi connectivity index (χ0) is 24.7. The molecule has 2 aromatic carbocycles. The Hall–Kier alpha value is -4.67. The van der Waals surface area contributed by atoms with Crippen molar-refractivity contribution in [2.75, 3.05) is 20.8 Å². The summed E-state index contributed by atoms with van der Waals surface area (Å²) >= 11 is 0. The molecule has 2 amide bonds. The first-order chi connectivity index (χ1) is 16.3. The van der Waals surface area contributed by atoms with E-state index in [1.165, 1.54) is 0 Å². The van der Waals surface area contributed by atoms with E-state index in [9.17, 15) is 19.5 Å². The van der Waals surface area contributed by atoms with Gasteiger partial charge in [0, 0.05) is 6.20 Å². The summed E-state index contributed by atoms with van der Waals surface area (Å²) in [4.78, 5) is 42.9. The van der Waals surface area contributed by atoms with Gasteiger partial charge in [0.15, 0.2) is 0 Å². The summed E-state index contributed by atoms with van der Waals surface area (Å²) in [5, 5.41) is 23.8. The zero-order valence-corrected chi connectivity index (χ0v) is 18.3. The lowest BCUT2D eigenvalue weighted by Crippen LogP contribution is -2.32. The molecule has 11 heteroatoms. The number of hydrogen-bond donors (Lipinski definition) is 4. The minimum atomic E-state index is -1.25. The highest BCUT2D eigenvalue weighted by atomic mass is 16.5. The fraction of sp³-hybridized carbons (Fsp3) is 0.174. The van der Waals surface area contributed by atoms with Crippen LogP contribution in [0.4, 0.5) is 0 Å². The number of amides is 2. The van der Waals surface area contributed by atoms with Gasteiger partial charge in [0.05, 0.1) is 20.3 Å². The van der Waals surface area contributed by atoms with E-state index >= 15 is 0 Å². The van der Waals surface area contributed by atoms with E-state index in [1.54, 1.807) is 62.8 Å². The number of aromatic nitrogens is 2. The average molecular weight is 466 g/mol. The summed E-state index contributed by atoms with van der Waals surface area (Å²) in [6, 6.07) is 13.6. The van der Waals surface area contributed by atoms with Crippen molar-refractivity contribution in [3.63, 3.8) is 0 Å². The van der Waals surface area contributed by atoms with Crippen molar-refractivity contribution in [2.45, 2.75) is 6.04 Å². The Labute approximate surface area is 194 Å². The van der Waals surface area contributed by atoms with Crippen molar-refractivity contribution >= 4 is 17.8 Å². The van der Waals surface area contributed by atoms with Gasteiger partial charge in [-0.05, 0) is 35.4 Å². The first kappa shape index (κ1) is 24.0. The van der Waals surface area contributed by atoms with Crippen LogP contribution in [0.3, 0.4) is 0 Å². The summed E-state index contributed by atoms with van der Waals surface area (Å²) in [5.74, 6) is -2.76. The number of aliphatic carboxylic acids is 1. The summed E-state index contributed by atoms with van der Waals surface area (Å²) in [7, 11) is 3.10. The minimum absolute atomic E-state index is 0.262. The third-order valence-electron chi connectivity index (χ3n) is 4.79. The molecular weight excluding hydrogens is 444 g/mol. The second kappa shape index (κ2) is 10.8. The molecule has 0 saturated heterocycles. The number of hydrogen-bond acceptors (Lipinski definition) is 8. The number of nitrogens with zero attached hydrogens (tertiary/aromatic N) is 2. The van der Waals surface area contributed by atoms with Crippen LogP contribution in [0.5, 0.6) is 17.4 Å². The lowest BCUT2D eigenvalue weighted by molar-refractivity contribution is -0.135. The number of nitrogens with one attached hydrogen (secondary N) is 2. The molecule has 0 aliphatic heterocycles. The van der Waals surface area contributed by atoms with Crippen molar-refractivity contribution < 1.29 is 34.1 Å². The molecule has 4 N–H and O–H groups in total. The third kappa shape index (κ3) is 5.76. The molecule has 11 nitrogen and oxygen atoms in total. The standard InChI is InChI=1S/C23H22N4O7/c1-33-15-7-3-13(4-8-15)19(14-5-9-16(34-2)10-6-14)26-21(30)17-11-24-20(27-22(17)31)23(32)25-12-18(28)29/h3-11,19H,12H2,1-2H3,(H,25,32)(H,26,30)(H,28,29)(H,24,27,31). The van der Waals surface area contributed by atoms with Crippen LogP contribution in [0.15, 0.2) is 54.7 Å². The topological polar surface area (TPSA) is 160 Å². The van der Waals surface area contributed by atoms with E-state index in [1.807, 2.05) is 0 Å². The molecule has 0 aliphatic carbocycles. The number of methoxy groups -OCH3 is 2. The van der Waals surface area contributed by atoms with Crippen LogP contribution < -0.4 is 20.1 Å². The summed E-state index contributed by atoms with van der Waals surface area (Å²) in [6.07, 6.45) is 0.993. The van der Waals surface area contributed by atoms with Gasteiger partial charge in [0.2, 0.25) is 11.7 Å². The van der Waals surface area contributed by atoms with Crippen LogP contribution in [0, 0.1) is 0 Å². The van der Waals surface area contributed by atoms with Crippen molar-refractivity contribution in [3.05, 3.63) is 77.2 Å². The number of ether oxygens (including phenoxy) is 2. The van der Waals surface area contributed by atoms with Gasteiger partial charge < -0.3 is 30.3 Å². The fourth-order valence-electron chi connectivity index (χ4n) is 3.04. The van der Waals surface area contributed by atoms with E-state index in [4.69, 9.17) is 14.6 Å². The SMILES string of the molecule is COc1ccc(C(NC(=O)c2cnc(C(=O)NCC(=O)O)nc2O)c2ccc(OC)cc2)cc1. The largest absolute Gasteiger partial charge is 0.497 e. The van der Waals surface area contributed by atoms with Gasteiger partial charge in [-0.15, -0.1) is 0 Å². The summed E-state index contributed by atoms with van der Waals surface area (Å²) in [5.41, 5.74) is 1.22. The molecule has 0 saturated carbocycles. The van der Waals surface area contributed by atoms with Gasteiger partial charge in [-0.25, -0.2) is 4.98 Å². The summed E-state index contributed by atoms with van der Waals surface area (Å²) in [6.45, 7) is -0.642. The van der Waals surface area contributed by atoms with E-state index < -0.39 is 42.1 Å². The highest BCUT2D eigenvalue weighted by Crippen LogP contribution is 2.27. The molecule has 1 heterocycles. The zero-order valence-electron chi connectivity index (χ0n) is 18.3. The van der Waals surface area contributed by atoms with E-state index in [0.717, 1.165) is 17.3 Å². The van der Waals surface area contributed by atoms with Crippen molar-refractivity contribution in [1.29, 1.82) is 0 Å². The molecule has 0 radical (unpaired) electrons. The normalized spacial score (nSPS) is 10.4. The Balaban J connectivity index is 1.87. The number of benzene rings is 2. The van der Waals surface area contributed by atoms with Gasteiger partial charge >= 0.3 is 5.97 Å². The molecule has 0 atom stereocenters. The van der Waals surface area contributed by atoms with Crippen LogP contribution in [0.2, 0.25) is 0 Å². The highest BCUT2D eigenvalue weighted by Gasteiger charge is 2.22. The Morgan fingerprint density at radius 1 is 0.912 bits per heavy atom. The van der Waals surface area contributed by atoms with E-state index in [-0.39, 0.29) is 5.56 Å². The number of rotatable bonds is 9. The number of carbonyl (C=O) groups is 3. The third-order valence-corrected chi connectivity index (χ3v) is 4.79. The second-order valence-corrected chi connectivity index (χ2v) is 6.96. The number of carboxylic acid groups (broad SMARTS) is 1. The minimum Gasteiger partial charge on any atom is -0.497 e. The van der Waals surface area contributed by atoms with Crippen LogP contribution in [0.1, 0.15) is 38.1 Å². The number of carbonyl (C=O) groups excluding carboxylic acids is 2. The van der Waals surface area contributed by atoms with Gasteiger partial charge in [-0.2, -0.15) is 4.98 Å². The van der Waals surface area contributed by atoms with Crippen LogP contribution >= 0.6 is 0 Å². The molecule has 0 aliphatic rings. The van der Waals surface area contributed by atoms with Crippen LogP contribution in [-0.2, 0) is 4.79 Å². The Kier molecular flexibility index (Phi) is 7.60. The lowest BCUT2D eigenvalue weighted by atomic mass is 9.98. The first-order valence-corrected chi connectivity index (χ1v) is 9.97. The smallest absolute Gasteiger partial charge is 0.322 e. The molecule has 3 rings (SSSR count). The molecule has 0 spiro atoms. The molecule has 0 unspecified atom stereocenters. The monoisotopic (exact) mass is 466 g/mol. The quantitative estimate of drug-likeness (QED) is 0.367. The van der Waals surface area contributed by atoms with Crippen LogP contribution in [0.25, 0.3) is 0 Å². The predicted octanol–water partition coefficient (Wildman–Crippen LogP) is 1.53. The Morgan fingerprint density at radius 2 is 1.44 bits per heavy atom. The molecule has 34 heavy (non-hydrogen) atoms. The number of aromatic hydroxyl groups is 1. The fourth-order valence-corrected chi connectivity index (χ4v) is 3.04. The molecule has 176 valence electrons. The van der Waals surface area contributed by atoms with Crippen molar-refractivity contribution in [3.8, 4) is 17.4 Å². The van der Waals surface area contributed by atoms with Crippen LogP contribution in [-0.4, -0.2) is 58.7 Å². The van der Waals surface area contributed by atoms with Gasteiger partial charge in [-0.1, -0.05) is 24.3 Å². The van der Waals surface area contributed by atoms with Crippen molar-refractivity contribution in [1.82, 2.24) is 20.6 Å². The van der Waals surface area contributed by atoms with Gasteiger partial charge in [0.25, 0.3) is 11.8 Å². The molecular formula is C23H22N4O7. The second-order valence-electron chi connectivity index (χ2n) is 6.96. The number of carboxylic acids is 1. The molecule has 0 fully saturated rings. The predicted molar refractivity (Wildman–Crippen MR) is 119 cm³/mol. The molecule has 0 bridgehead atoms. The summed E-state index contributed by atoms with van der Waals surface area (Å²) < 4.78 is 10.4. The Bertz CT molecular complexity index is 1130. The maximum absolute atomic E-state index is 13.0. The van der Waals surface area contributed by atoms with E-state index in [2.05, 4.69) is 20.6 Å². The molecule has 1 aromatic heterocycles. The maximum Gasteiger partial charge on any atom is 0.322 e. The van der Waals surface area contributed by atoms with E-state index in [0.29, 0.717) is 11.5 Å². The lowest BCUT2D eigenvalue weighted by Gasteiger charge is -2.20. The van der Waals surface area contributed by atoms with Crippen molar-refractivity contribution in [2.24, 2.45) is 0 Å². The van der Waals surface area contributed by atoms with Gasteiger partial charge in [0.1, 0.15) is 23.6 Å². The van der Waals surface area contributed by atoms with Gasteiger partial charge in [-0.3, -0.25) is 14.4 Å². The maximum atomic E-state index is 13.0. The average Bonchev–Trinajstić information content (AvgIpc) is 2.85. The molecule has 3 aromatic rings.